The summed E-state index contributed by atoms with van der Waals surface area (Å²) in [4.78, 5) is 13.1. The number of carbonyl (C=O) groups is 1. The topological polar surface area (TPSA) is 29.5 Å². The first-order valence-corrected chi connectivity index (χ1v) is 5.14. The summed E-state index contributed by atoms with van der Waals surface area (Å²) in [5.41, 5.74) is 0. The Morgan fingerprint density at radius 1 is 1.23 bits per heavy atom. The summed E-state index contributed by atoms with van der Waals surface area (Å²) in [6.45, 7) is 1.86. The van der Waals surface area contributed by atoms with Crippen molar-refractivity contribution >= 4 is 6.09 Å². The van der Waals surface area contributed by atoms with Gasteiger partial charge >= 0.3 is 6.09 Å². The summed E-state index contributed by atoms with van der Waals surface area (Å²) in [6, 6.07) is 0. The fourth-order valence-electron chi connectivity index (χ4n) is 2.68. The molecule has 1 amide bonds. The van der Waals surface area contributed by atoms with E-state index in [0.717, 1.165) is 24.9 Å². The molecule has 0 bridgehead atoms. The van der Waals surface area contributed by atoms with Crippen molar-refractivity contribution < 1.29 is 9.53 Å². The number of rotatable bonds is 0. The van der Waals surface area contributed by atoms with Gasteiger partial charge in [0.2, 0.25) is 0 Å². The van der Waals surface area contributed by atoms with Gasteiger partial charge in [-0.2, -0.15) is 0 Å². The van der Waals surface area contributed by atoms with Crippen LogP contribution in [0.2, 0.25) is 0 Å². The van der Waals surface area contributed by atoms with Crippen LogP contribution in [0.3, 0.4) is 0 Å². The Morgan fingerprint density at radius 2 is 1.77 bits per heavy atom. The molecule has 1 heterocycles. The average Bonchev–Trinajstić information content (AvgIpc) is 2.59. The summed E-state index contributed by atoms with van der Waals surface area (Å²) < 4.78 is 4.73. The molecule has 2 aliphatic rings. The van der Waals surface area contributed by atoms with E-state index in [-0.39, 0.29) is 6.09 Å². The lowest BCUT2D eigenvalue weighted by Crippen LogP contribution is -2.28. The van der Waals surface area contributed by atoms with Crippen molar-refractivity contribution in [3.05, 3.63) is 0 Å². The van der Waals surface area contributed by atoms with Crippen LogP contribution in [-0.2, 0) is 4.74 Å². The minimum Gasteiger partial charge on any atom is -0.453 e. The predicted molar refractivity (Wildman–Crippen MR) is 49.4 cm³/mol. The Balaban J connectivity index is 1.94. The molecular formula is C10H17NO2. The molecule has 1 aliphatic carbocycles. The van der Waals surface area contributed by atoms with Gasteiger partial charge in [-0.3, -0.25) is 0 Å². The second kappa shape index (κ2) is 3.56. The molecule has 2 rings (SSSR count). The van der Waals surface area contributed by atoms with Gasteiger partial charge in [-0.15, -0.1) is 0 Å². The molecule has 2 atom stereocenters. The number of carbonyl (C=O) groups excluding carboxylic acids is 1. The second-order valence-corrected chi connectivity index (χ2v) is 4.18. The molecule has 0 aromatic carbocycles. The molecule has 0 aromatic heterocycles. The number of likely N-dealkylation sites (tertiary alicyclic amines) is 1. The van der Waals surface area contributed by atoms with Gasteiger partial charge in [-0.1, -0.05) is 12.8 Å². The Bertz CT molecular complexity index is 191. The molecule has 2 unspecified atom stereocenters. The molecule has 1 aliphatic heterocycles. The molecule has 3 heteroatoms. The van der Waals surface area contributed by atoms with E-state index < -0.39 is 0 Å². The minimum atomic E-state index is -0.144. The Kier molecular flexibility index (Phi) is 2.42. The van der Waals surface area contributed by atoms with Crippen LogP contribution in [-0.4, -0.2) is 31.2 Å². The average molecular weight is 183 g/mol. The first kappa shape index (κ1) is 8.85. The molecule has 2 fully saturated rings. The van der Waals surface area contributed by atoms with Crippen molar-refractivity contribution in [3.8, 4) is 0 Å². The van der Waals surface area contributed by atoms with Crippen LogP contribution in [0.5, 0.6) is 0 Å². The molecule has 0 radical (unpaired) electrons. The monoisotopic (exact) mass is 183 g/mol. The molecule has 1 saturated heterocycles. The number of nitrogens with zero attached hydrogens (tertiary/aromatic N) is 1. The maximum Gasteiger partial charge on any atom is 0.409 e. The number of fused-ring (bicyclic) bond motifs is 1. The zero-order valence-corrected chi connectivity index (χ0v) is 8.16. The van der Waals surface area contributed by atoms with Crippen LogP contribution in [0.15, 0.2) is 0 Å². The van der Waals surface area contributed by atoms with Gasteiger partial charge < -0.3 is 9.64 Å². The number of hydrogen-bond acceptors (Lipinski definition) is 2. The Hall–Kier alpha value is -0.730. The largest absolute Gasteiger partial charge is 0.453 e. The molecule has 3 nitrogen and oxygen atoms in total. The van der Waals surface area contributed by atoms with E-state index in [1.165, 1.54) is 32.8 Å². The third-order valence-electron chi connectivity index (χ3n) is 3.41. The van der Waals surface area contributed by atoms with Crippen molar-refractivity contribution in [1.29, 1.82) is 0 Å². The van der Waals surface area contributed by atoms with Gasteiger partial charge in [0, 0.05) is 13.1 Å². The maximum absolute atomic E-state index is 11.3. The molecule has 0 aromatic rings. The fourth-order valence-corrected chi connectivity index (χ4v) is 2.68. The highest BCUT2D eigenvalue weighted by Crippen LogP contribution is 2.35. The summed E-state index contributed by atoms with van der Waals surface area (Å²) in [5.74, 6) is 1.51. The number of methoxy groups -OCH3 is 1. The van der Waals surface area contributed by atoms with Crippen LogP contribution in [0.1, 0.15) is 25.7 Å². The highest BCUT2D eigenvalue weighted by atomic mass is 16.5. The first-order chi connectivity index (χ1) is 6.31. The van der Waals surface area contributed by atoms with Crippen molar-refractivity contribution in [2.75, 3.05) is 20.2 Å². The SMILES string of the molecule is COC(=O)N1CC2CCCCC2C1. The number of amides is 1. The molecule has 74 valence electrons. The van der Waals surface area contributed by atoms with E-state index in [0.29, 0.717) is 0 Å². The standard InChI is InChI=1S/C10H17NO2/c1-13-10(12)11-6-8-4-2-3-5-9(8)7-11/h8-9H,2-7H2,1H3. The zero-order valence-electron chi connectivity index (χ0n) is 8.16. The first-order valence-electron chi connectivity index (χ1n) is 5.14. The van der Waals surface area contributed by atoms with Gasteiger partial charge in [-0.05, 0) is 24.7 Å². The zero-order chi connectivity index (χ0) is 9.26. The fraction of sp³-hybridized carbons (Fsp3) is 0.900. The lowest BCUT2D eigenvalue weighted by molar-refractivity contribution is 0.131. The van der Waals surface area contributed by atoms with Gasteiger partial charge in [0.15, 0.2) is 0 Å². The molecule has 13 heavy (non-hydrogen) atoms. The molecule has 0 spiro atoms. The number of hydrogen-bond donors (Lipinski definition) is 0. The summed E-state index contributed by atoms with van der Waals surface area (Å²) in [7, 11) is 1.46. The third kappa shape index (κ3) is 1.64. The Labute approximate surface area is 79.0 Å². The highest BCUT2D eigenvalue weighted by Gasteiger charge is 2.36. The van der Waals surface area contributed by atoms with Crippen molar-refractivity contribution in [2.24, 2.45) is 11.8 Å². The van der Waals surface area contributed by atoms with Gasteiger partial charge in [-0.25, -0.2) is 4.79 Å². The second-order valence-electron chi connectivity index (χ2n) is 4.18. The van der Waals surface area contributed by atoms with Crippen LogP contribution in [0, 0.1) is 11.8 Å². The quantitative estimate of drug-likeness (QED) is 0.574. The van der Waals surface area contributed by atoms with Crippen LogP contribution in [0.4, 0.5) is 4.79 Å². The van der Waals surface area contributed by atoms with E-state index in [4.69, 9.17) is 4.74 Å². The van der Waals surface area contributed by atoms with Gasteiger partial charge in [0.25, 0.3) is 0 Å². The van der Waals surface area contributed by atoms with E-state index in [1.54, 1.807) is 0 Å². The lowest BCUT2D eigenvalue weighted by Gasteiger charge is -2.22. The van der Waals surface area contributed by atoms with Crippen molar-refractivity contribution in [2.45, 2.75) is 25.7 Å². The normalized spacial score (nSPS) is 32.8. The van der Waals surface area contributed by atoms with Crippen LogP contribution < -0.4 is 0 Å². The van der Waals surface area contributed by atoms with Crippen molar-refractivity contribution in [1.82, 2.24) is 4.90 Å². The lowest BCUT2D eigenvalue weighted by atomic mass is 9.82. The van der Waals surface area contributed by atoms with Gasteiger partial charge in [0.1, 0.15) is 0 Å². The smallest absolute Gasteiger partial charge is 0.409 e. The van der Waals surface area contributed by atoms with Crippen molar-refractivity contribution in [3.63, 3.8) is 0 Å². The minimum absolute atomic E-state index is 0.144. The summed E-state index contributed by atoms with van der Waals surface area (Å²) in [6.07, 6.45) is 5.15. The highest BCUT2D eigenvalue weighted by molar-refractivity contribution is 5.67. The van der Waals surface area contributed by atoms with E-state index in [9.17, 15) is 4.79 Å². The maximum atomic E-state index is 11.3. The van der Waals surface area contributed by atoms with Crippen LogP contribution in [0.25, 0.3) is 0 Å². The van der Waals surface area contributed by atoms with Gasteiger partial charge in [0.05, 0.1) is 7.11 Å². The number of ether oxygens (including phenoxy) is 1. The van der Waals surface area contributed by atoms with E-state index in [1.807, 2.05) is 4.90 Å². The summed E-state index contributed by atoms with van der Waals surface area (Å²) >= 11 is 0. The van der Waals surface area contributed by atoms with Crippen LogP contribution >= 0.6 is 0 Å². The molecular weight excluding hydrogens is 166 g/mol. The van der Waals surface area contributed by atoms with E-state index >= 15 is 0 Å². The third-order valence-corrected chi connectivity index (χ3v) is 3.41. The molecule has 1 saturated carbocycles. The predicted octanol–water partition coefficient (Wildman–Crippen LogP) is 1.87. The molecule has 0 N–H and O–H groups in total. The summed E-state index contributed by atoms with van der Waals surface area (Å²) in [5, 5.41) is 0. The Morgan fingerprint density at radius 3 is 2.23 bits per heavy atom. The van der Waals surface area contributed by atoms with E-state index in [2.05, 4.69) is 0 Å².